The summed E-state index contributed by atoms with van der Waals surface area (Å²) in [6.45, 7) is 6.83. The average molecular weight is 517 g/mol. The highest BCUT2D eigenvalue weighted by Crippen LogP contribution is 2.41. The van der Waals surface area contributed by atoms with Gasteiger partial charge in [0.05, 0.1) is 18.6 Å². The quantitative estimate of drug-likeness (QED) is 0.198. The Morgan fingerprint density at radius 3 is 1.72 bits per heavy atom. The van der Waals surface area contributed by atoms with E-state index < -0.39 is 11.6 Å². The third kappa shape index (κ3) is 4.88. The van der Waals surface area contributed by atoms with Crippen molar-refractivity contribution >= 4 is 0 Å². The van der Waals surface area contributed by atoms with Crippen LogP contribution in [0.2, 0.25) is 0 Å². The second-order valence-electron chi connectivity index (χ2n) is 9.72. The highest BCUT2D eigenvalue weighted by molar-refractivity contribution is 5.51. The Morgan fingerprint density at radius 2 is 1.26 bits per heavy atom. The van der Waals surface area contributed by atoms with Crippen LogP contribution in [0, 0.1) is 0 Å². The normalized spacial score (nSPS) is 12.3. The van der Waals surface area contributed by atoms with Crippen LogP contribution < -0.4 is 4.74 Å². The molecule has 0 saturated carbocycles. The molecule has 0 bridgehead atoms. The molecule has 0 radical (unpaired) electrons. The van der Waals surface area contributed by atoms with Crippen LogP contribution >= 0.6 is 0 Å². The lowest BCUT2D eigenvalue weighted by atomic mass is 9.76. The van der Waals surface area contributed by atoms with Crippen LogP contribution in [0.4, 0.5) is 0 Å². The number of aryl methyl sites for hydroxylation is 2. The van der Waals surface area contributed by atoms with Crippen molar-refractivity contribution in [1.29, 1.82) is 0 Å². The van der Waals surface area contributed by atoms with E-state index in [0.29, 0.717) is 12.3 Å². The standard InChI is InChI=1S/C35H36N2O2/c1-4-26-23-33(39-6-3)27(5-2)22-31(26)34(38)32-24-37(25-36-32)35(28-16-10-7-11-17-28,29-18-12-8-13-19-29)30-20-14-9-15-21-30/h7-25,34,38H,4-6H2,1-3H3. The summed E-state index contributed by atoms with van der Waals surface area (Å²) in [5, 5.41) is 11.7. The van der Waals surface area contributed by atoms with Crippen molar-refractivity contribution in [1.82, 2.24) is 9.55 Å². The van der Waals surface area contributed by atoms with Gasteiger partial charge in [0.2, 0.25) is 0 Å². The molecule has 5 rings (SSSR count). The molecule has 0 aliphatic heterocycles. The number of benzene rings is 4. The van der Waals surface area contributed by atoms with Gasteiger partial charge in [0.25, 0.3) is 0 Å². The van der Waals surface area contributed by atoms with Gasteiger partial charge in [0.15, 0.2) is 0 Å². The van der Waals surface area contributed by atoms with Crippen LogP contribution in [0.25, 0.3) is 0 Å². The first-order valence-corrected chi connectivity index (χ1v) is 13.8. The van der Waals surface area contributed by atoms with E-state index in [1.54, 1.807) is 0 Å². The Morgan fingerprint density at radius 1 is 0.744 bits per heavy atom. The summed E-state index contributed by atoms with van der Waals surface area (Å²) in [5.41, 5.74) is 6.33. The predicted octanol–water partition coefficient (Wildman–Crippen LogP) is 7.33. The molecule has 4 aromatic carbocycles. The fraction of sp³-hybridized carbons (Fsp3) is 0.229. The minimum Gasteiger partial charge on any atom is -0.494 e. The maximum atomic E-state index is 11.7. The Labute approximate surface area is 231 Å². The summed E-state index contributed by atoms with van der Waals surface area (Å²) in [4.78, 5) is 4.81. The zero-order chi connectivity index (χ0) is 27.2. The van der Waals surface area contributed by atoms with Crippen molar-refractivity contribution in [2.24, 2.45) is 0 Å². The van der Waals surface area contributed by atoms with E-state index in [2.05, 4.69) is 103 Å². The van der Waals surface area contributed by atoms with E-state index in [-0.39, 0.29) is 0 Å². The highest BCUT2D eigenvalue weighted by Gasteiger charge is 2.38. The largest absolute Gasteiger partial charge is 0.494 e. The topological polar surface area (TPSA) is 47.3 Å². The molecule has 1 heterocycles. The lowest BCUT2D eigenvalue weighted by Crippen LogP contribution is -2.37. The van der Waals surface area contributed by atoms with E-state index in [1.807, 2.05) is 37.6 Å². The molecule has 4 nitrogen and oxygen atoms in total. The molecule has 1 atom stereocenters. The van der Waals surface area contributed by atoms with Crippen molar-refractivity contribution in [2.75, 3.05) is 6.61 Å². The van der Waals surface area contributed by atoms with Crippen molar-refractivity contribution in [3.8, 4) is 5.75 Å². The molecule has 1 unspecified atom stereocenters. The first-order chi connectivity index (χ1) is 19.1. The Hall–Kier alpha value is -4.15. The van der Waals surface area contributed by atoms with Crippen LogP contribution in [0.5, 0.6) is 5.75 Å². The maximum absolute atomic E-state index is 11.7. The fourth-order valence-corrected chi connectivity index (χ4v) is 5.62. The number of nitrogens with zero attached hydrogens (tertiary/aromatic N) is 2. The van der Waals surface area contributed by atoms with Crippen molar-refractivity contribution in [3.05, 3.63) is 155 Å². The molecule has 0 amide bonds. The van der Waals surface area contributed by atoms with Crippen molar-refractivity contribution in [2.45, 2.75) is 45.3 Å². The molecule has 1 N–H and O–H groups in total. The summed E-state index contributed by atoms with van der Waals surface area (Å²) < 4.78 is 8.05. The van der Waals surface area contributed by atoms with Gasteiger partial charge in [-0.1, -0.05) is 105 Å². The molecule has 198 valence electrons. The van der Waals surface area contributed by atoms with Gasteiger partial charge >= 0.3 is 0 Å². The van der Waals surface area contributed by atoms with E-state index in [0.717, 1.165) is 52.0 Å². The van der Waals surface area contributed by atoms with E-state index in [1.165, 1.54) is 0 Å². The summed E-state index contributed by atoms with van der Waals surface area (Å²) in [7, 11) is 0. The first kappa shape index (κ1) is 26.5. The predicted molar refractivity (Wildman–Crippen MR) is 157 cm³/mol. The monoisotopic (exact) mass is 516 g/mol. The van der Waals surface area contributed by atoms with E-state index in [9.17, 15) is 5.11 Å². The molecule has 1 aromatic heterocycles. The molecule has 0 saturated heterocycles. The Bertz CT molecular complexity index is 1400. The minimum absolute atomic E-state index is 0.614. The van der Waals surface area contributed by atoms with Crippen molar-refractivity contribution < 1.29 is 9.84 Å². The Balaban J connectivity index is 1.69. The van der Waals surface area contributed by atoms with Gasteiger partial charge in [-0.2, -0.15) is 0 Å². The minimum atomic E-state index is -0.859. The van der Waals surface area contributed by atoms with Crippen LogP contribution in [-0.4, -0.2) is 21.3 Å². The van der Waals surface area contributed by atoms with Gasteiger partial charge in [-0.05, 0) is 65.3 Å². The lowest BCUT2D eigenvalue weighted by molar-refractivity contribution is 0.214. The van der Waals surface area contributed by atoms with Gasteiger partial charge in [-0.25, -0.2) is 4.98 Å². The molecule has 0 aliphatic carbocycles. The molecular formula is C35H36N2O2. The lowest BCUT2D eigenvalue weighted by Gasteiger charge is -2.37. The zero-order valence-electron chi connectivity index (χ0n) is 22.9. The summed E-state index contributed by atoms with van der Waals surface area (Å²) in [6.07, 6.45) is 4.61. The summed E-state index contributed by atoms with van der Waals surface area (Å²) >= 11 is 0. The summed E-state index contributed by atoms with van der Waals surface area (Å²) in [5.74, 6) is 0.898. The summed E-state index contributed by atoms with van der Waals surface area (Å²) in [6, 6.07) is 35.7. The first-order valence-electron chi connectivity index (χ1n) is 13.8. The number of aliphatic hydroxyl groups excluding tert-OH is 1. The molecular weight excluding hydrogens is 480 g/mol. The molecule has 4 heteroatoms. The van der Waals surface area contributed by atoms with Crippen LogP contribution in [0.15, 0.2) is 116 Å². The number of ether oxygens (including phenoxy) is 1. The second kappa shape index (κ2) is 11.7. The SMILES string of the molecule is CCOc1cc(CC)c(C(O)c2cn(C(c3ccccc3)(c3ccccc3)c3ccccc3)cn2)cc1CC. The Kier molecular flexibility index (Phi) is 7.94. The maximum Gasteiger partial charge on any atom is 0.123 e. The molecule has 39 heavy (non-hydrogen) atoms. The van der Waals surface area contributed by atoms with Crippen LogP contribution in [0.3, 0.4) is 0 Å². The molecule has 5 aromatic rings. The van der Waals surface area contributed by atoms with E-state index in [4.69, 9.17) is 9.72 Å². The molecule has 0 spiro atoms. The number of hydrogen-bond donors (Lipinski definition) is 1. The van der Waals surface area contributed by atoms with Crippen LogP contribution in [-0.2, 0) is 18.4 Å². The number of hydrogen-bond acceptors (Lipinski definition) is 3. The number of aromatic nitrogens is 2. The van der Waals surface area contributed by atoms with Gasteiger partial charge in [0, 0.05) is 6.20 Å². The van der Waals surface area contributed by atoms with Crippen LogP contribution in [0.1, 0.15) is 65.9 Å². The second-order valence-corrected chi connectivity index (χ2v) is 9.72. The van der Waals surface area contributed by atoms with Gasteiger partial charge in [-0.15, -0.1) is 0 Å². The number of rotatable bonds is 10. The van der Waals surface area contributed by atoms with Gasteiger partial charge in [0.1, 0.15) is 17.4 Å². The number of aliphatic hydroxyl groups is 1. The average Bonchev–Trinajstić information content (AvgIpc) is 3.49. The number of imidazole rings is 1. The van der Waals surface area contributed by atoms with Crippen molar-refractivity contribution in [3.63, 3.8) is 0 Å². The zero-order valence-corrected chi connectivity index (χ0v) is 22.9. The van der Waals surface area contributed by atoms with Gasteiger partial charge in [-0.3, -0.25) is 0 Å². The third-order valence-electron chi connectivity index (χ3n) is 7.52. The third-order valence-corrected chi connectivity index (χ3v) is 7.52. The highest BCUT2D eigenvalue weighted by atomic mass is 16.5. The van der Waals surface area contributed by atoms with Gasteiger partial charge < -0.3 is 14.4 Å². The molecule has 0 aliphatic rings. The van der Waals surface area contributed by atoms with E-state index >= 15 is 0 Å². The molecule has 0 fully saturated rings. The smallest absolute Gasteiger partial charge is 0.123 e. The fourth-order valence-electron chi connectivity index (χ4n) is 5.62.